The van der Waals surface area contributed by atoms with Crippen molar-refractivity contribution >= 4 is 0 Å². The first kappa shape index (κ1) is 48.0. The van der Waals surface area contributed by atoms with Crippen molar-refractivity contribution in [3.63, 3.8) is 0 Å². The summed E-state index contributed by atoms with van der Waals surface area (Å²) < 4.78 is 0. The van der Waals surface area contributed by atoms with Gasteiger partial charge in [0.05, 0.1) is 5.82 Å². The lowest BCUT2D eigenvalue weighted by Crippen LogP contribution is -2.36. The first-order chi connectivity index (χ1) is 23.9. The highest BCUT2D eigenvalue weighted by molar-refractivity contribution is 4.94. The van der Waals surface area contributed by atoms with E-state index >= 15 is 0 Å². The minimum absolute atomic E-state index is 0.936. The van der Waals surface area contributed by atoms with Gasteiger partial charge in [-0.05, 0) is 84.6 Å². The van der Waals surface area contributed by atoms with Crippen LogP contribution < -0.4 is 10.6 Å². The lowest BCUT2D eigenvalue weighted by atomic mass is 9.88. The van der Waals surface area contributed by atoms with Gasteiger partial charge in [0.1, 0.15) is 0 Å². The van der Waals surface area contributed by atoms with Crippen LogP contribution in [0.25, 0.3) is 0 Å². The molecule has 0 bridgehead atoms. The number of hydrogen-bond donors (Lipinski definition) is 2. The number of hydrogen-bond acceptors (Lipinski definition) is 4. The van der Waals surface area contributed by atoms with E-state index in [1.54, 1.807) is 0 Å². The van der Waals surface area contributed by atoms with E-state index in [1.807, 2.05) is 0 Å². The molecule has 0 heterocycles. The van der Waals surface area contributed by atoms with E-state index in [2.05, 4.69) is 68.5 Å². The van der Waals surface area contributed by atoms with Crippen molar-refractivity contribution < 1.29 is 0 Å². The molecule has 292 valence electrons. The Hall–Kier alpha value is -1.00. The Morgan fingerprint density at radius 1 is 0.449 bits per heavy atom. The van der Waals surface area contributed by atoms with E-state index in [0.717, 1.165) is 44.3 Å². The fourth-order valence-electron chi connectivity index (χ4n) is 7.15. The van der Waals surface area contributed by atoms with Crippen molar-refractivity contribution in [2.45, 2.75) is 207 Å². The molecule has 49 heavy (non-hydrogen) atoms. The molecule has 4 nitrogen and oxygen atoms in total. The van der Waals surface area contributed by atoms with Crippen LogP contribution in [0.15, 0.2) is 24.6 Å². The van der Waals surface area contributed by atoms with Gasteiger partial charge in [0, 0.05) is 19.6 Å². The Morgan fingerprint density at radius 3 is 1.41 bits per heavy atom. The van der Waals surface area contributed by atoms with E-state index in [-0.39, 0.29) is 0 Å². The van der Waals surface area contributed by atoms with Crippen LogP contribution in [0.5, 0.6) is 0 Å². The molecule has 0 saturated heterocycles. The van der Waals surface area contributed by atoms with Gasteiger partial charge in [-0.25, -0.2) is 0 Å². The summed E-state index contributed by atoms with van der Waals surface area (Å²) in [6, 6.07) is 0. The number of unbranched alkanes of at least 4 members (excludes halogenated alkanes) is 19. The summed E-state index contributed by atoms with van der Waals surface area (Å²) >= 11 is 0. The zero-order valence-electron chi connectivity index (χ0n) is 34.6. The molecule has 0 saturated carbocycles. The highest BCUT2D eigenvalue weighted by Crippen LogP contribution is 2.26. The Labute approximate surface area is 310 Å². The Bertz CT molecular complexity index is 674. The van der Waals surface area contributed by atoms with Gasteiger partial charge in [0.15, 0.2) is 0 Å². The Morgan fingerprint density at radius 2 is 0.898 bits per heavy atom. The van der Waals surface area contributed by atoms with Crippen molar-refractivity contribution in [3.8, 4) is 0 Å². The summed E-state index contributed by atoms with van der Waals surface area (Å²) in [6.45, 7) is 22.4. The number of rotatable bonds is 41. The van der Waals surface area contributed by atoms with E-state index in [9.17, 15) is 0 Å². The van der Waals surface area contributed by atoms with E-state index in [4.69, 9.17) is 0 Å². The van der Waals surface area contributed by atoms with Crippen LogP contribution >= 0.6 is 0 Å². The molecule has 0 rings (SSSR count). The number of nitrogens with one attached hydrogen (secondary N) is 2. The second kappa shape index (κ2) is 38.2. The van der Waals surface area contributed by atoms with Gasteiger partial charge >= 0.3 is 0 Å². The maximum Gasteiger partial charge on any atom is 0.0912 e. The third-order valence-corrected chi connectivity index (χ3v) is 10.6. The molecule has 0 aromatic rings. The van der Waals surface area contributed by atoms with Crippen LogP contribution in [0.3, 0.4) is 0 Å². The maximum absolute atomic E-state index is 4.54. The molecule has 0 fully saturated rings. The van der Waals surface area contributed by atoms with E-state index in [0.29, 0.717) is 0 Å². The third-order valence-electron chi connectivity index (χ3n) is 10.6. The molecule has 0 aromatic carbocycles. The van der Waals surface area contributed by atoms with Gasteiger partial charge in [0.2, 0.25) is 0 Å². The molecule has 0 aliphatic heterocycles. The summed E-state index contributed by atoms with van der Waals surface area (Å²) in [5, 5.41) is 6.99. The average Bonchev–Trinajstić information content (AvgIpc) is 3.08. The van der Waals surface area contributed by atoms with Crippen molar-refractivity contribution in [1.29, 1.82) is 0 Å². The fraction of sp³-hybridized carbons (Fsp3) is 0.911. The Balaban J connectivity index is 4.31. The molecule has 0 aromatic heterocycles. The minimum Gasteiger partial charge on any atom is -0.372 e. The molecule has 4 heteroatoms. The second-order valence-electron chi connectivity index (χ2n) is 15.9. The predicted octanol–water partition coefficient (Wildman–Crippen LogP) is 13.0. The summed E-state index contributed by atoms with van der Waals surface area (Å²) in [5.74, 6) is 1.91. The summed E-state index contributed by atoms with van der Waals surface area (Å²) in [4.78, 5) is 4.95. The van der Waals surface area contributed by atoms with Crippen molar-refractivity contribution in [2.75, 3.05) is 53.4 Å². The lowest BCUT2D eigenvalue weighted by Gasteiger charge is -2.23. The van der Waals surface area contributed by atoms with E-state index < -0.39 is 0 Å². The first-order valence-corrected chi connectivity index (χ1v) is 22.1. The predicted molar refractivity (Wildman–Crippen MR) is 224 cm³/mol. The third kappa shape index (κ3) is 36.6. The molecule has 0 radical (unpaired) electrons. The number of allylic oxidation sites excluding steroid dienone is 1. The van der Waals surface area contributed by atoms with Crippen LogP contribution in [0.2, 0.25) is 0 Å². The molecule has 0 aliphatic carbocycles. The maximum atomic E-state index is 4.54. The zero-order valence-corrected chi connectivity index (χ0v) is 34.6. The van der Waals surface area contributed by atoms with Crippen LogP contribution in [0.1, 0.15) is 207 Å². The van der Waals surface area contributed by atoms with Crippen LogP contribution in [0.4, 0.5) is 0 Å². The average molecular weight is 689 g/mol. The van der Waals surface area contributed by atoms with Crippen molar-refractivity contribution in [1.82, 2.24) is 20.4 Å². The second-order valence-corrected chi connectivity index (χ2v) is 15.9. The highest BCUT2D eigenvalue weighted by Gasteiger charge is 2.10. The largest absolute Gasteiger partial charge is 0.372 e. The van der Waals surface area contributed by atoms with E-state index in [1.165, 1.54) is 198 Å². The molecular weight excluding hydrogens is 597 g/mol. The summed E-state index contributed by atoms with van der Waals surface area (Å²) in [5.41, 5.74) is 1.53. The standard InChI is InChI=1S/C45H92N4/c1-8-11-14-17-22-27-33-45(34-28-23-18-15-12-9-2)36-35-43(4)32-26-21-20-25-30-41-49(40-29-24-19-16-13-10-3)42-38-47-44(5)46-37-31-39-48(6)7/h45-47H,4-5,8-42H2,1-3,6-7H3. The molecule has 0 atom stereocenters. The zero-order chi connectivity index (χ0) is 36.0. The van der Waals surface area contributed by atoms with Gasteiger partial charge < -0.3 is 20.4 Å². The van der Waals surface area contributed by atoms with Crippen LogP contribution in [0, 0.1) is 5.92 Å². The number of nitrogens with zero attached hydrogens (tertiary/aromatic N) is 2. The van der Waals surface area contributed by atoms with Gasteiger partial charge in [-0.1, -0.05) is 181 Å². The van der Waals surface area contributed by atoms with Crippen LogP contribution in [-0.2, 0) is 0 Å². The summed E-state index contributed by atoms with van der Waals surface area (Å²) in [7, 11) is 4.27. The highest BCUT2D eigenvalue weighted by atomic mass is 15.2. The van der Waals surface area contributed by atoms with Crippen molar-refractivity contribution in [3.05, 3.63) is 24.6 Å². The van der Waals surface area contributed by atoms with Gasteiger partial charge in [-0.2, -0.15) is 0 Å². The fourth-order valence-corrected chi connectivity index (χ4v) is 7.15. The van der Waals surface area contributed by atoms with Gasteiger partial charge in [0.25, 0.3) is 0 Å². The molecule has 0 unspecified atom stereocenters. The van der Waals surface area contributed by atoms with Crippen LogP contribution in [-0.4, -0.2) is 63.2 Å². The monoisotopic (exact) mass is 689 g/mol. The lowest BCUT2D eigenvalue weighted by molar-refractivity contribution is 0.261. The van der Waals surface area contributed by atoms with Crippen molar-refractivity contribution in [2.24, 2.45) is 5.92 Å². The SMILES string of the molecule is C=C(CCCCCCCN(CCCCCCCC)CCNC(=C)NCCCN(C)C)CCC(CCCCCCCC)CCCCCCCC. The minimum atomic E-state index is 0.936. The smallest absolute Gasteiger partial charge is 0.0912 e. The topological polar surface area (TPSA) is 30.5 Å². The van der Waals surface area contributed by atoms with Gasteiger partial charge in [-0.3, -0.25) is 0 Å². The first-order valence-electron chi connectivity index (χ1n) is 22.1. The molecule has 0 amide bonds. The molecular formula is C45H92N4. The molecule has 2 N–H and O–H groups in total. The van der Waals surface area contributed by atoms with Gasteiger partial charge in [-0.15, -0.1) is 0 Å². The molecule has 0 spiro atoms. The summed E-state index contributed by atoms with van der Waals surface area (Å²) in [6.07, 6.45) is 40.2. The Kier molecular flexibility index (Phi) is 37.5. The molecule has 0 aliphatic rings. The normalized spacial score (nSPS) is 11.7. The quantitative estimate of drug-likeness (QED) is 0.0494.